The Morgan fingerprint density at radius 2 is 2.00 bits per heavy atom. The molecule has 2 aromatic rings. The third-order valence-electron chi connectivity index (χ3n) is 5.79. The van der Waals surface area contributed by atoms with Crippen LogP contribution in [-0.4, -0.2) is 29.8 Å². The van der Waals surface area contributed by atoms with Gasteiger partial charge < -0.3 is 14.6 Å². The highest BCUT2D eigenvalue weighted by Crippen LogP contribution is 2.33. The number of carbonyl (C=O) groups excluding carboxylic acids is 2. The molecule has 0 unspecified atom stereocenters. The van der Waals surface area contributed by atoms with Gasteiger partial charge in [0.05, 0.1) is 11.4 Å². The number of nitrogens with one attached hydrogen (secondary N) is 1. The summed E-state index contributed by atoms with van der Waals surface area (Å²) in [6.45, 7) is 4.07. The van der Waals surface area contributed by atoms with Crippen molar-refractivity contribution >= 4 is 23.2 Å². The molecule has 5 nitrogen and oxygen atoms in total. The van der Waals surface area contributed by atoms with E-state index >= 15 is 0 Å². The van der Waals surface area contributed by atoms with E-state index in [-0.39, 0.29) is 17.7 Å². The van der Waals surface area contributed by atoms with E-state index in [1.54, 1.807) is 11.3 Å². The van der Waals surface area contributed by atoms with Crippen LogP contribution in [0.2, 0.25) is 0 Å². The average molecular weight is 401 g/mol. The molecule has 0 spiro atoms. The predicted octanol–water partition coefficient (Wildman–Crippen LogP) is 4.09. The monoisotopic (exact) mass is 400 g/mol. The summed E-state index contributed by atoms with van der Waals surface area (Å²) >= 11 is 1.63. The molecule has 1 aliphatic heterocycles. The van der Waals surface area contributed by atoms with Crippen LogP contribution in [0.1, 0.15) is 63.7 Å². The zero-order valence-electron chi connectivity index (χ0n) is 16.5. The van der Waals surface area contributed by atoms with Gasteiger partial charge in [0.2, 0.25) is 5.91 Å². The molecular weight excluding hydrogens is 372 g/mol. The average Bonchev–Trinajstić information content (AvgIpc) is 3.21. The maximum atomic E-state index is 12.9. The van der Waals surface area contributed by atoms with Crippen LogP contribution in [0.4, 0.5) is 0 Å². The van der Waals surface area contributed by atoms with Crippen LogP contribution < -0.4 is 5.32 Å². The molecule has 0 bridgehead atoms. The van der Waals surface area contributed by atoms with E-state index in [0.717, 1.165) is 61.6 Å². The van der Waals surface area contributed by atoms with Gasteiger partial charge >= 0.3 is 0 Å². The third kappa shape index (κ3) is 4.32. The zero-order valence-corrected chi connectivity index (χ0v) is 17.3. The second-order valence-electron chi connectivity index (χ2n) is 7.94. The van der Waals surface area contributed by atoms with Crippen molar-refractivity contribution < 1.29 is 14.0 Å². The van der Waals surface area contributed by atoms with Crippen molar-refractivity contribution in [1.29, 1.82) is 0 Å². The van der Waals surface area contributed by atoms with Gasteiger partial charge in [-0.25, -0.2) is 0 Å². The normalized spacial score (nSPS) is 19.8. The van der Waals surface area contributed by atoms with E-state index in [1.165, 1.54) is 23.3 Å². The van der Waals surface area contributed by atoms with Crippen molar-refractivity contribution in [3.63, 3.8) is 0 Å². The number of nitrogens with zero attached hydrogens (tertiary/aromatic N) is 1. The first-order valence-corrected chi connectivity index (χ1v) is 11.2. The number of likely N-dealkylation sites (tertiary alicyclic amines) is 1. The number of rotatable bonds is 4. The van der Waals surface area contributed by atoms with Gasteiger partial charge in [0.1, 0.15) is 11.5 Å². The van der Waals surface area contributed by atoms with Crippen LogP contribution in [0.3, 0.4) is 0 Å². The molecule has 2 amide bonds. The first kappa shape index (κ1) is 19.2. The maximum Gasteiger partial charge on any atom is 0.263 e. The Labute approximate surface area is 170 Å². The van der Waals surface area contributed by atoms with Crippen LogP contribution in [0.15, 0.2) is 22.6 Å². The van der Waals surface area contributed by atoms with E-state index in [1.807, 2.05) is 30.0 Å². The second-order valence-corrected chi connectivity index (χ2v) is 9.07. The van der Waals surface area contributed by atoms with Crippen molar-refractivity contribution in [2.24, 2.45) is 5.92 Å². The third-order valence-corrected chi connectivity index (χ3v) is 7.02. The molecule has 4 rings (SSSR count). The highest BCUT2D eigenvalue weighted by molar-refractivity contribution is 7.14. The summed E-state index contributed by atoms with van der Waals surface area (Å²) in [4.78, 5) is 29.6. The Hall–Kier alpha value is -2.08. The van der Waals surface area contributed by atoms with Gasteiger partial charge in [0, 0.05) is 23.9 Å². The number of thiophene rings is 1. The topological polar surface area (TPSA) is 62.6 Å². The molecule has 0 radical (unpaired) electrons. The summed E-state index contributed by atoms with van der Waals surface area (Å²) in [6, 6.07) is 5.85. The first-order valence-electron chi connectivity index (χ1n) is 10.3. The molecule has 1 saturated heterocycles. The van der Waals surface area contributed by atoms with E-state index in [0.29, 0.717) is 6.54 Å². The quantitative estimate of drug-likeness (QED) is 0.841. The minimum absolute atomic E-state index is 0.0284. The lowest BCUT2D eigenvalue weighted by Gasteiger charge is -2.21. The number of amides is 2. The smallest absolute Gasteiger partial charge is 0.263 e. The Bertz CT molecular complexity index is 846. The lowest BCUT2D eigenvalue weighted by Crippen LogP contribution is -2.33. The van der Waals surface area contributed by atoms with E-state index < -0.39 is 0 Å². The van der Waals surface area contributed by atoms with Gasteiger partial charge in [-0.05, 0) is 62.8 Å². The molecule has 1 fully saturated rings. The fraction of sp³-hybridized carbons (Fsp3) is 0.545. The van der Waals surface area contributed by atoms with Gasteiger partial charge in [-0.1, -0.05) is 12.8 Å². The molecule has 3 heterocycles. The van der Waals surface area contributed by atoms with Crippen LogP contribution in [0.25, 0.3) is 0 Å². The van der Waals surface area contributed by atoms with Crippen molar-refractivity contribution in [2.75, 3.05) is 13.1 Å². The van der Waals surface area contributed by atoms with Crippen molar-refractivity contribution in [1.82, 2.24) is 10.2 Å². The van der Waals surface area contributed by atoms with Gasteiger partial charge in [0.15, 0.2) is 0 Å². The molecule has 150 valence electrons. The number of hydrogen-bond acceptors (Lipinski definition) is 4. The summed E-state index contributed by atoms with van der Waals surface area (Å²) in [6.07, 6.45) is 7.10. The molecule has 0 aromatic carbocycles. The molecule has 28 heavy (non-hydrogen) atoms. The van der Waals surface area contributed by atoms with Crippen molar-refractivity contribution in [3.8, 4) is 0 Å². The summed E-state index contributed by atoms with van der Waals surface area (Å²) in [7, 11) is 0. The lowest BCUT2D eigenvalue weighted by atomic mass is 9.87. The number of hydrogen-bond donors (Lipinski definition) is 1. The highest BCUT2D eigenvalue weighted by atomic mass is 32.1. The number of carbonyl (C=O) groups is 2. The van der Waals surface area contributed by atoms with Crippen LogP contribution >= 0.6 is 11.3 Å². The van der Waals surface area contributed by atoms with Crippen LogP contribution in [-0.2, 0) is 24.2 Å². The Morgan fingerprint density at radius 1 is 1.21 bits per heavy atom. The van der Waals surface area contributed by atoms with E-state index in [4.69, 9.17) is 4.42 Å². The van der Waals surface area contributed by atoms with Gasteiger partial charge in [0.25, 0.3) is 5.91 Å². The first-order chi connectivity index (χ1) is 13.6. The Kier molecular flexibility index (Phi) is 5.85. The number of fused-ring (bicyclic) bond motifs is 1. The highest BCUT2D eigenvalue weighted by Gasteiger charge is 2.28. The fourth-order valence-corrected chi connectivity index (χ4v) is 5.36. The van der Waals surface area contributed by atoms with Gasteiger partial charge in [-0.15, -0.1) is 11.3 Å². The van der Waals surface area contributed by atoms with Crippen LogP contribution in [0.5, 0.6) is 0 Å². The number of furan rings is 1. The molecule has 1 atom stereocenters. The molecule has 1 aliphatic carbocycles. The Morgan fingerprint density at radius 3 is 2.71 bits per heavy atom. The maximum absolute atomic E-state index is 12.9. The summed E-state index contributed by atoms with van der Waals surface area (Å²) in [5, 5.41) is 3.00. The van der Waals surface area contributed by atoms with Crippen molar-refractivity contribution in [3.05, 3.63) is 45.0 Å². The minimum Gasteiger partial charge on any atom is -0.465 e. The van der Waals surface area contributed by atoms with E-state index in [9.17, 15) is 9.59 Å². The molecule has 1 N–H and O–H groups in total. The predicted molar refractivity (Wildman–Crippen MR) is 109 cm³/mol. The molecular formula is C22H28N2O3S. The van der Waals surface area contributed by atoms with Gasteiger partial charge in [-0.2, -0.15) is 0 Å². The summed E-state index contributed by atoms with van der Waals surface area (Å²) in [5.74, 6) is 1.86. The largest absolute Gasteiger partial charge is 0.465 e. The molecule has 2 aromatic heterocycles. The number of aryl methyl sites for hydroxylation is 2. The van der Waals surface area contributed by atoms with Crippen LogP contribution in [0, 0.1) is 12.8 Å². The Balaban J connectivity index is 1.37. The molecule has 0 saturated carbocycles. The summed E-state index contributed by atoms with van der Waals surface area (Å²) in [5.41, 5.74) is 1.18. The SMILES string of the molecule is Cc1ccc(CNC(=O)[C@@H]2CCc3sc(C(=O)N4CCCCCC4)cc3C2)o1. The molecule has 2 aliphatic rings. The molecule has 6 heteroatoms. The van der Waals surface area contributed by atoms with Crippen molar-refractivity contribution in [2.45, 2.75) is 58.4 Å². The second kappa shape index (κ2) is 8.52. The van der Waals surface area contributed by atoms with E-state index in [2.05, 4.69) is 5.32 Å². The lowest BCUT2D eigenvalue weighted by molar-refractivity contribution is -0.125. The fourth-order valence-electron chi connectivity index (χ4n) is 4.18. The minimum atomic E-state index is -0.0284. The van der Waals surface area contributed by atoms with Gasteiger partial charge in [-0.3, -0.25) is 9.59 Å². The summed E-state index contributed by atoms with van der Waals surface area (Å²) < 4.78 is 5.52. The zero-order chi connectivity index (χ0) is 19.5. The standard InChI is InChI=1S/C22H28N2O3S/c1-15-6-8-18(27-15)14-23-21(25)16-7-9-19-17(12-16)13-20(28-19)22(26)24-10-4-2-3-5-11-24/h6,8,13,16H,2-5,7,9-12,14H2,1H3,(H,23,25)/t16-/m1/s1.